The fraction of sp³-hybridized carbons (Fsp3) is 0.154. The summed E-state index contributed by atoms with van der Waals surface area (Å²) >= 11 is 1.54. The first-order valence-corrected chi connectivity index (χ1v) is 7.00. The number of rotatable bonds is 4. The molecule has 108 valence electrons. The Morgan fingerprint density at radius 3 is 3.10 bits per heavy atom. The molecule has 1 N–H and O–H groups in total. The van der Waals surface area contributed by atoms with E-state index in [9.17, 15) is 4.79 Å². The fourth-order valence-electron chi connectivity index (χ4n) is 1.54. The van der Waals surface area contributed by atoms with Crippen LogP contribution in [0.1, 0.15) is 10.8 Å². The van der Waals surface area contributed by atoms with Crippen LogP contribution >= 0.6 is 11.3 Å². The van der Waals surface area contributed by atoms with E-state index >= 15 is 0 Å². The largest absolute Gasteiger partial charge is 0.494 e. The van der Waals surface area contributed by atoms with Crippen LogP contribution in [-0.4, -0.2) is 29.3 Å². The lowest BCUT2D eigenvalue weighted by Gasteiger charge is -2.11. The predicted octanol–water partition coefficient (Wildman–Crippen LogP) is 2.13. The van der Waals surface area contributed by atoms with Gasteiger partial charge in [0.25, 0.3) is 11.8 Å². The first kappa shape index (κ1) is 13.4. The number of carbonyl (C=O) groups is 1. The molecule has 1 amide bonds. The molecule has 0 radical (unpaired) electrons. The van der Waals surface area contributed by atoms with Gasteiger partial charge in [0.2, 0.25) is 5.76 Å². The van der Waals surface area contributed by atoms with Gasteiger partial charge in [-0.1, -0.05) is 11.2 Å². The SMILES string of the molecule is O=C(C=Cc1cccs1)Nc1nnc(C2=COCCO2)o1. The van der Waals surface area contributed by atoms with Crippen LogP contribution in [-0.2, 0) is 14.3 Å². The number of hydrogen-bond acceptors (Lipinski definition) is 7. The van der Waals surface area contributed by atoms with E-state index in [4.69, 9.17) is 13.9 Å². The van der Waals surface area contributed by atoms with Crippen LogP contribution in [0.15, 0.2) is 34.3 Å². The Morgan fingerprint density at radius 2 is 2.33 bits per heavy atom. The molecule has 0 fully saturated rings. The Labute approximate surface area is 123 Å². The molecule has 2 aromatic heterocycles. The van der Waals surface area contributed by atoms with Crippen molar-refractivity contribution in [1.29, 1.82) is 0 Å². The highest BCUT2D eigenvalue weighted by Gasteiger charge is 2.16. The molecule has 0 aliphatic carbocycles. The van der Waals surface area contributed by atoms with E-state index in [0.717, 1.165) is 4.88 Å². The van der Waals surface area contributed by atoms with Crippen molar-refractivity contribution in [3.63, 3.8) is 0 Å². The van der Waals surface area contributed by atoms with Gasteiger partial charge in [-0.25, -0.2) is 0 Å². The Balaban J connectivity index is 1.61. The highest BCUT2D eigenvalue weighted by molar-refractivity contribution is 7.10. The molecular formula is C13H11N3O4S. The zero-order valence-electron chi connectivity index (χ0n) is 10.8. The number of amides is 1. The minimum atomic E-state index is -0.353. The summed E-state index contributed by atoms with van der Waals surface area (Å²) in [7, 11) is 0. The monoisotopic (exact) mass is 305 g/mol. The topological polar surface area (TPSA) is 86.5 Å². The summed E-state index contributed by atoms with van der Waals surface area (Å²) in [6, 6.07) is 3.82. The molecule has 2 aromatic rings. The maximum Gasteiger partial charge on any atom is 0.322 e. The smallest absolute Gasteiger partial charge is 0.322 e. The summed E-state index contributed by atoms with van der Waals surface area (Å²) in [5.41, 5.74) is 0. The van der Waals surface area contributed by atoms with E-state index in [1.165, 1.54) is 23.7 Å². The summed E-state index contributed by atoms with van der Waals surface area (Å²) in [5, 5.41) is 11.9. The lowest BCUT2D eigenvalue weighted by atomic mass is 10.4. The minimum absolute atomic E-state index is 0.000836. The van der Waals surface area contributed by atoms with Crippen LogP contribution in [0.2, 0.25) is 0 Å². The Morgan fingerprint density at radius 1 is 1.38 bits per heavy atom. The molecule has 0 spiro atoms. The van der Waals surface area contributed by atoms with Crippen molar-refractivity contribution in [2.75, 3.05) is 18.5 Å². The molecule has 1 aliphatic rings. The van der Waals surface area contributed by atoms with Gasteiger partial charge in [-0.2, -0.15) is 0 Å². The van der Waals surface area contributed by atoms with Crippen molar-refractivity contribution in [1.82, 2.24) is 10.2 Å². The van der Waals surface area contributed by atoms with E-state index in [-0.39, 0.29) is 17.8 Å². The molecule has 0 bridgehead atoms. The second kappa shape index (κ2) is 6.23. The standard InChI is InChI=1S/C13H11N3O4S/c17-11(4-3-9-2-1-7-21-9)14-13-16-15-12(20-13)10-8-18-5-6-19-10/h1-4,7-8H,5-6H2,(H,14,16,17). The molecule has 0 saturated carbocycles. The van der Waals surface area contributed by atoms with Gasteiger partial charge < -0.3 is 13.9 Å². The van der Waals surface area contributed by atoms with Gasteiger partial charge >= 0.3 is 6.01 Å². The second-order valence-electron chi connectivity index (χ2n) is 3.95. The lowest BCUT2D eigenvalue weighted by Crippen LogP contribution is -2.08. The normalized spacial score (nSPS) is 14.4. The van der Waals surface area contributed by atoms with Gasteiger partial charge in [-0.05, 0) is 17.5 Å². The highest BCUT2D eigenvalue weighted by atomic mass is 32.1. The molecule has 3 heterocycles. The summed E-state index contributed by atoms with van der Waals surface area (Å²) in [5.74, 6) is 0.156. The zero-order valence-corrected chi connectivity index (χ0v) is 11.6. The number of nitrogens with one attached hydrogen (secondary N) is 1. The van der Waals surface area contributed by atoms with Gasteiger partial charge in [0.1, 0.15) is 19.5 Å². The van der Waals surface area contributed by atoms with Gasteiger partial charge in [-0.15, -0.1) is 16.4 Å². The quantitative estimate of drug-likeness (QED) is 0.871. The van der Waals surface area contributed by atoms with Gasteiger partial charge in [0.15, 0.2) is 0 Å². The maximum absolute atomic E-state index is 11.7. The summed E-state index contributed by atoms with van der Waals surface area (Å²) in [4.78, 5) is 12.7. The van der Waals surface area contributed by atoms with Crippen molar-refractivity contribution in [2.24, 2.45) is 0 Å². The number of hydrogen-bond donors (Lipinski definition) is 1. The Hall–Kier alpha value is -2.61. The summed E-state index contributed by atoms with van der Waals surface area (Å²) in [6.07, 6.45) is 4.51. The van der Waals surface area contributed by atoms with Crippen LogP contribution in [0.5, 0.6) is 0 Å². The van der Waals surface area contributed by atoms with Crippen molar-refractivity contribution in [3.8, 4) is 0 Å². The molecule has 7 nitrogen and oxygen atoms in total. The second-order valence-corrected chi connectivity index (χ2v) is 4.93. The Kier molecular flexibility index (Phi) is 3.97. The molecule has 0 unspecified atom stereocenters. The van der Waals surface area contributed by atoms with Crippen LogP contribution < -0.4 is 5.32 Å². The fourth-order valence-corrected chi connectivity index (χ4v) is 2.16. The summed E-state index contributed by atoms with van der Waals surface area (Å²) < 4.78 is 15.7. The molecule has 8 heteroatoms. The molecule has 21 heavy (non-hydrogen) atoms. The zero-order chi connectivity index (χ0) is 14.5. The van der Waals surface area contributed by atoms with Crippen molar-refractivity contribution in [2.45, 2.75) is 0 Å². The number of ether oxygens (including phenoxy) is 2. The van der Waals surface area contributed by atoms with Crippen molar-refractivity contribution in [3.05, 3.63) is 40.6 Å². The first-order chi connectivity index (χ1) is 10.3. The van der Waals surface area contributed by atoms with Crippen molar-refractivity contribution < 1.29 is 18.7 Å². The lowest BCUT2D eigenvalue weighted by molar-refractivity contribution is -0.112. The van der Waals surface area contributed by atoms with E-state index in [1.54, 1.807) is 6.08 Å². The molecule has 0 aromatic carbocycles. The minimum Gasteiger partial charge on any atom is -0.494 e. The third kappa shape index (κ3) is 3.48. The van der Waals surface area contributed by atoms with E-state index < -0.39 is 0 Å². The first-order valence-electron chi connectivity index (χ1n) is 6.12. The highest BCUT2D eigenvalue weighted by Crippen LogP contribution is 2.19. The van der Waals surface area contributed by atoms with Gasteiger partial charge in [0.05, 0.1) is 0 Å². The number of thiophene rings is 1. The van der Waals surface area contributed by atoms with Crippen LogP contribution in [0, 0.1) is 0 Å². The molecular weight excluding hydrogens is 294 g/mol. The third-order valence-electron chi connectivity index (χ3n) is 2.46. The maximum atomic E-state index is 11.7. The van der Waals surface area contributed by atoms with Crippen molar-refractivity contribution >= 4 is 35.1 Å². The molecule has 0 atom stereocenters. The number of anilines is 1. The van der Waals surface area contributed by atoms with E-state index in [0.29, 0.717) is 19.0 Å². The third-order valence-corrected chi connectivity index (χ3v) is 3.29. The summed E-state index contributed by atoms with van der Waals surface area (Å²) in [6.45, 7) is 0.897. The average Bonchev–Trinajstić information content (AvgIpc) is 3.17. The van der Waals surface area contributed by atoms with E-state index in [1.807, 2.05) is 17.5 Å². The molecule has 3 rings (SSSR count). The molecule has 1 aliphatic heterocycles. The van der Waals surface area contributed by atoms with Gasteiger partial charge in [-0.3, -0.25) is 10.1 Å². The number of aromatic nitrogens is 2. The van der Waals surface area contributed by atoms with Crippen LogP contribution in [0.3, 0.4) is 0 Å². The van der Waals surface area contributed by atoms with Gasteiger partial charge in [0, 0.05) is 11.0 Å². The number of carbonyl (C=O) groups excluding carboxylic acids is 1. The van der Waals surface area contributed by atoms with Crippen LogP contribution in [0.4, 0.5) is 6.01 Å². The number of nitrogens with zero attached hydrogens (tertiary/aromatic N) is 2. The Bertz CT molecular complexity index is 675. The molecule has 0 saturated heterocycles. The predicted molar refractivity (Wildman–Crippen MR) is 76.2 cm³/mol. The van der Waals surface area contributed by atoms with Crippen LogP contribution in [0.25, 0.3) is 11.8 Å². The van der Waals surface area contributed by atoms with E-state index in [2.05, 4.69) is 15.5 Å². The average molecular weight is 305 g/mol.